The molecule has 0 atom stereocenters. The molecule has 0 unspecified atom stereocenters. The minimum absolute atomic E-state index is 0. The summed E-state index contributed by atoms with van der Waals surface area (Å²) >= 11 is 1.75. The normalized spacial score (nSPS) is 11.7. The van der Waals surface area contributed by atoms with Gasteiger partial charge in [-0.15, -0.1) is 0 Å². The van der Waals surface area contributed by atoms with E-state index < -0.39 is 0 Å². The van der Waals surface area contributed by atoms with Gasteiger partial charge in [-0.05, 0) is 62.1 Å². The Bertz CT molecular complexity index is 1090. The summed E-state index contributed by atoms with van der Waals surface area (Å²) in [5.74, 6) is 1.34. The molecule has 0 aliphatic heterocycles. The van der Waals surface area contributed by atoms with Gasteiger partial charge in [-0.1, -0.05) is 24.3 Å². The minimum Gasteiger partial charge on any atom is -0.493 e. The van der Waals surface area contributed by atoms with Crippen molar-refractivity contribution < 1.29 is 55.7 Å². The van der Waals surface area contributed by atoms with Crippen LogP contribution in [0.25, 0.3) is 11.1 Å². The van der Waals surface area contributed by atoms with Gasteiger partial charge < -0.3 is 20.3 Å². The summed E-state index contributed by atoms with van der Waals surface area (Å²) in [7, 11) is 1.59. The predicted molar refractivity (Wildman–Crippen MR) is 141 cm³/mol. The maximum Gasteiger partial charge on any atom is 0.176 e. The van der Waals surface area contributed by atoms with Gasteiger partial charge in [0.2, 0.25) is 0 Å². The van der Waals surface area contributed by atoms with Crippen LogP contribution in [0, 0.1) is 36.9 Å². The van der Waals surface area contributed by atoms with Gasteiger partial charge in [0.25, 0.3) is 0 Å². The number of nitrogens with one attached hydrogen (secondary N) is 1. The van der Waals surface area contributed by atoms with Gasteiger partial charge in [0.05, 0.1) is 25.9 Å². The zero-order chi connectivity index (χ0) is 24.5. The van der Waals surface area contributed by atoms with E-state index in [1.54, 1.807) is 43.3 Å². The molecule has 1 saturated carbocycles. The molecule has 0 bridgehead atoms. The molecule has 4 N–H and O–H groups in total. The number of thioether (sulfide) groups is 1. The fourth-order valence-electron chi connectivity index (χ4n) is 3.40. The summed E-state index contributed by atoms with van der Waals surface area (Å²) in [4.78, 5) is 4.46. The molecule has 4 rings (SSSR count). The molecule has 10 heteroatoms. The third kappa shape index (κ3) is 8.86. The average Bonchev–Trinajstić information content (AvgIpc) is 3.64. The van der Waals surface area contributed by atoms with E-state index in [0.29, 0.717) is 46.8 Å². The predicted octanol–water partition coefficient (Wildman–Crippen LogP) is 5.42. The molecule has 194 valence electrons. The van der Waals surface area contributed by atoms with Crippen molar-refractivity contribution in [2.75, 3.05) is 36.6 Å². The molecule has 1 aliphatic carbocycles. The Morgan fingerprint density at radius 2 is 1.83 bits per heavy atom. The van der Waals surface area contributed by atoms with Gasteiger partial charge in [0, 0.05) is 54.5 Å². The monoisotopic (exact) mass is 741 g/mol. The van der Waals surface area contributed by atoms with Crippen LogP contribution in [0.5, 0.6) is 11.5 Å². The average molecular weight is 742 g/mol. The molecule has 0 spiro atoms. The van der Waals surface area contributed by atoms with E-state index in [-0.39, 0.29) is 49.0 Å². The number of anilines is 2. The minimum atomic E-state index is -0.308. The first-order valence-corrected chi connectivity index (χ1v) is 12.8. The van der Waals surface area contributed by atoms with Gasteiger partial charge in [-0.2, -0.15) is 11.8 Å². The van der Waals surface area contributed by atoms with Crippen LogP contribution in [0.3, 0.4) is 0 Å². The van der Waals surface area contributed by atoms with Crippen molar-refractivity contribution in [3.63, 3.8) is 0 Å². The second-order valence-electron chi connectivity index (χ2n) is 7.88. The van der Waals surface area contributed by atoms with Crippen LogP contribution in [0.1, 0.15) is 25.3 Å². The molecule has 1 aliphatic rings. The van der Waals surface area contributed by atoms with Gasteiger partial charge in [0.1, 0.15) is 5.82 Å². The standard InChI is InChI=1S/C24H26FN3O3.C2H6S.H2O.U/c1-3-31-23-12-16(8-11-22(23)30-2)15-28(29)24-21(27-18-9-10-18)13-17(14-26-24)19-6-4-5-7-20(19)25;1-3-2;;/h4-8,11-14,18,27,29H,3,9-10,15H2,1-2H3;1-2H3;1H2;. The Balaban J connectivity index is 0.00000123. The van der Waals surface area contributed by atoms with Crippen LogP contribution < -0.4 is 19.9 Å². The van der Waals surface area contributed by atoms with E-state index in [1.165, 1.54) is 6.07 Å². The summed E-state index contributed by atoms with van der Waals surface area (Å²) in [6, 6.07) is 14.3. The van der Waals surface area contributed by atoms with Gasteiger partial charge in [-0.25, -0.2) is 14.4 Å². The van der Waals surface area contributed by atoms with E-state index in [0.717, 1.165) is 23.5 Å². The molecular weight excluding hydrogens is 707 g/mol. The third-order valence-corrected chi connectivity index (χ3v) is 5.09. The fraction of sp³-hybridized carbons (Fsp3) is 0.346. The van der Waals surface area contributed by atoms with Gasteiger partial charge in [-0.3, -0.25) is 5.21 Å². The summed E-state index contributed by atoms with van der Waals surface area (Å²) in [5.41, 5.74) is 2.64. The Morgan fingerprint density at radius 1 is 1.14 bits per heavy atom. The number of hydrogen-bond donors (Lipinski definition) is 2. The molecule has 1 aromatic heterocycles. The van der Waals surface area contributed by atoms with Crippen molar-refractivity contribution in [3.05, 3.63) is 66.1 Å². The van der Waals surface area contributed by atoms with Crippen LogP contribution in [0.2, 0.25) is 0 Å². The van der Waals surface area contributed by atoms with Crippen molar-refractivity contribution >= 4 is 23.3 Å². The van der Waals surface area contributed by atoms with Crippen molar-refractivity contribution in [1.82, 2.24) is 4.98 Å². The van der Waals surface area contributed by atoms with Crippen molar-refractivity contribution in [2.24, 2.45) is 0 Å². The Morgan fingerprint density at radius 3 is 2.44 bits per heavy atom. The molecule has 2 aromatic carbocycles. The number of pyridine rings is 1. The number of rotatable bonds is 9. The van der Waals surface area contributed by atoms with E-state index in [2.05, 4.69) is 10.3 Å². The molecule has 36 heavy (non-hydrogen) atoms. The van der Waals surface area contributed by atoms with Crippen LogP contribution in [-0.4, -0.2) is 47.9 Å². The van der Waals surface area contributed by atoms with Crippen LogP contribution in [0.15, 0.2) is 54.7 Å². The molecule has 1 heterocycles. The summed E-state index contributed by atoms with van der Waals surface area (Å²) in [6.45, 7) is 2.62. The first kappa shape index (κ1) is 32.1. The summed E-state index contributed by atoms with van der Waals surface area (Å²) < 4.78 is 25.2. The number of methoxy groups -OCH3 is 1. The number of nitrogens with zero attached hydrogens (tertiary/aromatic N) is 2. The number of hydrogen-bond acceptors (Lipinski definition) is 7. The molecule has 0 radical (unpaired) electrons. The van der Waals surface area contributed by atoms with E-state index in [1.807, 2.05) is 43.7 Å². The third-order valence-electron chi connectivity index (χ3n) is 5.09. The number of hydroxylamine groups is 1. The molecule has 1 fully saturated rings. The van der Waals surface area contributed by atoms with Crippen molar-refractivity contribution in [2.45, 2.75) is 32.4 Å². The zero-order valence-corrected chi connectivity index (χ0v) is 26.0. The Kier molecular flexibility index (Phi) is 14.3. The van der Waals surface area contributed by atoms with Crippen molar-refractivity contribution in [1.29, 1.82) is 0 Å². The first-order valence-electron chi connectivity index (χ1n) is 11.2. The molecule has 0 amide bonds. The smallest absolute Gasteiger partial charge is 0.176 e. The van der Waals surface area contributed by atoms with Crippen LogP contribution in [0.4, 0.5) is 15.9 Å². The first-order chi connectivity index (χ1) is 16.5. The number of ether oxygens (including phenoxy) is 2. The molecule has 7 nitrogen and oxygen atoms in total. The van der Waals surface area contributed by atoms with E-state index in [4.69, 9.17) is 9.47 Å². The molecule has 3 aromatic rings. The van der Waals surface area contributed by atoms with E-state index in [9.17, 15) is 9.60 Å². The largest absolute Gasteiger partial charge is 0.493 e. The second-order valence-corrected chi connectivity index (χ2v) is 8.69. The number of benzene rings is 2. The SMILES string of the molecule is CCOc1cc(CN(O)c2ncc(-c3ccccc3F)cc2NC2CC2)ccc1OC.CSC.O.[U]. The number of halogens is 1. The summed E-state index contributed by atoms with van der Waals surface area (Å²) in [6.07, 6.45) is 7.78. The van der Waals surface area contributed by atoms with Gasteiger partial charge in [0.15, 0.2) is 17.3 Å². The second kappa shape index (κ2) is 16.0. The Labute approximate surface area is 240 Å². The van der Waals surface area contributed by atoms with Gasteiger partial charge >= 0.3 is 0 Å². The quantitative estimate of drug-likeness (QED) is 0.283. The maximum absolute atomic E-state index is 14.3. The Hall–Kier alpha value is -1.96. The van der Waals surface area contributed by atoms with E-state index >= 15 is 0 Å². The molecular formula is C26H34FN3O4SU. The molecule has 0 saturated heterocycles. The zero-order valence-electron chi connectivity index (χ0n) is 21.0. The summed E-state index contributed by atoms with van der Waals surface area (Å²) in [5, 5.41) is 15.3. The van der Waals surface area contributed by atoms with Crippen LogP contribution in [-0.2, 0) is 6.54 Å². The number of aromatic nitrogens is 1. The fourth-order valence-corrected chi connectivity index (χ4v) is 3.40. The van der Waals surface area contributed by atoms with Crippen molar-refractivity contribution in [3.8, 4) is 22.6 Å². The van der Waals surface area contributed by atoms with Crippen LogP contribution >= 0.6 is 11.8 Å². The maximum atomic E-state index is 14.3. The topological polar surface area (TPSA) is 98.4 Å².